The van der Waals surface area contributed by atoms with Crippen LogP contribution in [0, 0.1) is 0 Å². The molecule has 0 bridgehead atoms. The summed E-state index contributed by atoms with van der Waals surface area (Å²) in [6, 6.07) is 0. The lowest BCUT2D eigenvalue weighted by molar-refractivity contribution is 0.840. The highest BCUT2D eigenvalue weighted by molar-refractivity contribution is 7.99. The molecule has 4 nitrogen and oxygen atoms in total. The number of aromatic nitrogens is 3. The van der Waals surface area contributed by atoms with Crippen molar-refractivity contribution in [1.82, 2.24) is 15.2 Å². The van der Waals surface area contributed by atoms with Crippen LogP contribution >= 0.6 is 11.8 Å². The van der Waals surface area contributed by atoms with Gasteiger partial charge < -0.3 is 5.73 Å². The van der Waals surface area contributed by atoms with Gasteiger partial charge in [-0.25, -0.2) is 4.98 Å². The smallest absolute Gasteiger partial charge is 0.208 e. The predicted octanol–water partition coefficient (Wildman–Crippen LogP) is 1.20. The van der Waals surface area contributed by atoms with Crippen LogP contribution in [0.15, 0.2) is 5.16 Å². The van der Waals surface area contributed by atoms with E-state index >= 15 is 0 Å². The van der Waals surface area contributed by atoms with Gasteiger partial charge in [0.15, 0.2) is 0 Å². The second kappa shape index (κ2) is 5.99. The van der Waals surface area contributed by atoms with E-state index in [9.17, 15) is 0 Å². The van der Waals surface area contributed by atoms with E-state index in [0.717, 1.165) is 42.5 Å². The lowest BCUT2D eigenvalue weighted by Gasteiger charge is -1.92. The number of hydrogen-bond donors (Lipinski definition) is 2. The number of rotatable bonds is 6. The average molecular weight is 200 g/mol. The van der Waals surface area contributed by atoms with Crippen molar-refractivity contribution in [2.24, 2.45) is 5.73 Å². The molecule has 1 rings (SSSR count). The number of nitrogens with one attached hydrogen (secondary N) is 1. The van der Waals surface area contributed by atoms with Crippen molar-refractivity contribution in [2.75, 3.05) is 12.3 Å². The Bertz CT molecular complexity index is 236. The fourth-order valence-electron chi connectivity index (χ4n) is 0.938. The molecular weight excluding hydrogens is 184 g/mol. The maximum absolute atomic E-state index is 5.38. The summed E-state index contributed by atoms with van der Waals surface area (Å²) < 4.78 is 0. The summed E-state index contributed by atoms with van der Waals surface area (Å²) in [4.78, 5) is 4.33. The number of nitrogens with two attached hydrogens (primary N) is 1. The first-order valence-electron chi connectivity index (χ1n) is 4.61. The van der Waals surface area contributed by atoms with Gasteiger partial charge >= 0.3 is 0 Å². The van der Waals surface area contributed by atoms with E-state index in [1.54, 1.807) is 11.8 Å². The van der Waals surface area contributed by atoms with Crippen molar-refractivity contribution >= 4 is 11.8 Å². The molecule has 1 aromatic heterocycles. The summed E-state index contributed by atoms with van der Waals surface area (Å²) in [5.41, 5.74) is 5.38. The number of thioether (sulfide) groups is 1. The third-order valence-electron chi connectivity index (χ3n) is 1.58. The molecule has 0 aromatic carbocycles. The first-order chi connectivity index (χ1) is 6.36. The first-order valence-corrected chi connectivity index (χ1v) is 5.59. The highest BCUT2D eigenvalue weighted by Gasteiger charge is 2.01. The van der Waals surface area contributed by atoms with Crippen molar-refractivity contribution in [3.05, 3.63) is 5.82 Å². The van der Waals surface area contributed by atoms with Crippen LogP contribution in [0.2, 0.25) is 0 Å². The fraction of sp³-hybridized carbons (Fsp3) is 0.750. The fourth-order valence-corrected chi connectivity index (χ4v) is 1.72. The number of nitrogens with zero attached hydrogens (tertiary/aromatic N) is 2. The summed E-state index contributed by atoms with van der Waals surface area (Å²) in [5, 5.41) is 7.86. The van der Waals surface area contributed by atoms with Crippen LogP contribution in [-0.2, 0) is 6.42 Å². The number of H-pyrrole nitrogens is 1. The molecule has 0 atom stereocenters. The lowest BCUT2D eigenvalue weighted by atomic mass is 10.3. The van der Waals surface area contributed by atoms with Crippen LogP contribution in [0.1, 0.15) is 25.6 Å². The van der Waals surface area contributed by atoms with Crippen molar-refractivity contribution in [3.8, 4) is 0 Å². The standard InChI is InChI=1S/C8H16N4S/c1-2-4-7-10-8(12-11-7)13-6-3-5-9/h2-6,9H2,1H3,(H,10,11,12). The molecule has 0 aliphatic carbocycles. The van der Waals surface area contributed by atoms with E-state index in [4.69, 9.17) is 5.73 Å². The molecule has 0 fully saturated rings. The zero-order chi connectivity index (χ0) is 9.52. The van der Waals surface area contributed by atoms with Crippen molar-refractivity contribution in [1.29, 1.82) is 0 Å². The van der Waals surface area contributed by atoms with E-state index < -0.39 is 0 Å². The van der Waals surface area contributed by atoms with Gasteiger partial charge in [-0.1, -0.05) is 18.7 Å². The molecule has 5 heteroatoms. The second-order valence-electron chi connectivity index (χ2n) is 2.81. The monoisotopic (exact) mass is 200 g/mol. The molecule has 0 unspecified atom stereocenters. The molecule has 13 heavy (non-hydrogen) atoms. The minimum absolute atomic E-state index is 0.735. The maximum atomic E-state index is 5.38. The molecule has 0 saturated carbocycles. The third-order valence-corrected chi connectivity index (χ3v) is 2.51. The summed E-state index contributed by atoms with van der Waals surface area (Å²) in [6.45, 7) is 2.86. The molecule has 1 aromatic rings. The molecule has 74 valence electrons. The topological polar surface area (TPSA) is 67.6 Å². The Morgan fingerprint density at radius 2 is 2.38 bits per heavy atom. The van der Waals surface area contributed by atoms with Crippen LogP contribution in [0.3, 0.4) is 0 Å². The van der Waals surface area contributed by atoms with Gasteiger partial charge in [0.1, 0.15) is 5.82 Å². The van der Waals surface area contributed by atoms with Crippen molar-refractivity contribution in [3.63, 3.8) is 0 Å². The zero-order valence-electron chi connectivity index (χ0n) is 7.92. The molecule has 0 amide bonds. The summed E-state index contributed by atoms with van der Waals surface area (Å²) >= 11 is 1.66. The normalized spacial score (nSPS) is 10.6. The number of aromatic amines is 1. The van der Waals surface area contributed by atoms with Gasteiger partial charge in [-0.2, -0.15) is 0 Å². The highest BCUT2D eigenvalue weighted by atomic mass is 32.2. The Balaban J connectivity index is 2.31. The molecule has 0 saturated heterocycles. The largest absolute Gasteiger partial charge is 0.330 e. The van der Waals surface area contributed by atoms with Crippen molar-refractivity contribution in [2.45, 2.75) is 31.3 Å². The highest BCUT2D eigenvalue weighted by Crippen LogP contribution is 2.13. The SMILES string of the molecule is CCCc1nc(SCCCN)n[nH]1. The average Bonchev–Trinajstić information content (AvgIpc) is 2.54. The molecule has 0 aliphatic rings. The molecular formula is C8H16N4S. The van der Waals surface area contributed by atoms with Crippen LogP contribution in [0.25, 0.3) is 0 Å². The van der Waals surface area contributed by atoms with Gasteiger partial charge in [0.2, 0.25) is 5.16 Å². The minimum atomic E-state index is 0.735. The summed E-state index contributed by atoms with van der Waals surface area (Å²) in [5.74, 6) is 1.98. The van der Waals surface area contributed by atoms with E-state index in [1.165, 1.54) is 0 Å². The quantitative estimate of drug-likeness (QED) is 0.535. The van der Waals surface area contributed by atoms with Gasteiger partial charge in [0.05, 0.1) is 0 Å². The summed E-state index contributed by atoms with van der Waals surface area (Å²) in [6.07, 6.45) is 3.09. The molecule has 1 heterocycles. The molecule has 0 aliphatic heterocycles. The Labute approximate surface area is 82.7 Å². The van der Waals surface area contributed by atoms with Gasteiger partial charge in [-0.05, 0) is 19.4 Å². The Morgan fingerprint density at radius 1 is 1.54 bits per heavy atom. The molecule has 0 spiro atoms. The Kier molecular flexibility index (Phi) is 4.85. The molecule has 3 N–H and O–H groups in total. The Hall–Kier alpha value is -0.550. The van der Waals surface area contributed by atoms with Gasteiger partial charge in [0, 0.05) is 12.2 Å². The van der Waals surface area contributed by atoms with Crippen LogP contribution in [0.5, 0.6) is 0 Å². The van der Waals surface area contributed by atoms with Crippen LogP contribution in [0.4, 0.5) is 0 Å². The second-order valence-corrected chi connectivity index (χ2v) is 3.87. The van der Waals surface area contributed by atoms with E-state index in [-0.39, 0.29) is 0 Å². The maximum Gasteiger partial charge on any atom is 0.208 e. The lowest BCUT2D eigenvalue weighted by Crippen LogP contribution is -1.99. The van der Waals surface area contributed by atoms with Crippen molar-refractivity contribution < 1.29 is 0 Å². The van der Waals surface area contributed by atoms with Crippen LogP contribution < -0.4 is 5.73 Å². The number of hydrogen-bond acceptors (Lipinski definition) is 4. The van der Waals surface area contributed by atoms with E-state index in [1.807, 2.05) is 0 Å². The summed E-state index contributed by atoms with van der Waals surface area (Å²) in [7, 11) is 0. The molecule has 0 radical (unpaired) electrons. The minimum Gasteiger partial charge on any atom is -0.330 e. The van der Waals surface area contributed by atoms with Gasteiger partial charge in [-0.3, -0.25) is 5.10 Å². The van der Waals surface area contributed by atoms with E-state index in [2.05, 4.69) is 22.1 Å². The Morgan fingerprint density at radius 3 is 3.08 bits per heavy atom. The van der Waals surface area contributed by atoms with Gasteiger partial charge in [-0.15, -0.1) is 5.10 Å². The van der Waals surface area contributed by atoms with Crippen LogP contribution in [-0.4, -0.2) is 27.5 Å². The first kappa shape index (κ1) is 10.5. The third kappa shape index (κ3) is 3.78. The van der Waals surface area contributed by atoms with Gasteiger partial charge in [0.25, 0.3) is 0 Å². The predicted molar refractivity (Wildman–Crippen MR) is 54.8 cm³/mol. The zero-order valence-corrected chi connectivity index (χ0v) is 8.73. The van der Waals surface area contributed by atoms with E-state index in [0.29, 0.717) is 0 Å². The number of aryl methyl sites for hydroxylation is 1.